The van der Waals surface area contributed by atoms with Crippen LogP contribution in [0.1, 0.15) is 12.5 Å². The van der Waals surface area contributed by atoms with Crippen molar-refractivity contribution in [3.63, 3.8) is 0 Å². The Bertz CT molecular complexity index is 734. The zero-order valence-corrected chi connectivity index (χ0v) is 13.6. The van der Waals surface area contributed by atoms with E-state index >= 15 is 0 Å². The zero-order valence-electron chi connectivity index (χ0n) is 13.6. The van der Waals surface area contributed by atoms with Gasteiger partial charge in [-0.15, -0.1) is 0 Å². The highest BCUT2D eigenvalue weighted by Gasteiger charge is 2.18. The van der Waals surface area contributed by atoms with Crippen LogP contribution in [0.2, 0.25) is 0 Å². The monoisotopic (exact) mass is 330 g/mol. The molecule has 2 aromatic rings. The maximum atomic E-state index is 13.9. The summed E-state index contributed by atoms with van der Waals surface area (Å²) in [6.45, 7) is 1.29. The predicted octanol–water partition coefficient (Wildman–Crippen LogP) is 2.50. The Labute approximate surface area is 140 Å². The van der Waals surface area contributed by atoms with Gasteiger partial charge in [-0.05, 0) is 18.2 Å². The second-order valence-corrected chi connectivity index (χ2v) is 5.15. The van der Waals surface area contributed by atoms with Gasteiger partial charge in [-0.1, -0.05) is 30.3 Å². The van der Waals surface area contributed by atoms with Gasteiger partial charge in [0.1, 0.15) is 18.1 Å². The topological polar surface area (TPSA) is 58.6 Å². The van der Waals surface area contributed by atoms with Crippen molar-refractivity contribution in [1.29, 1.82) is 0 Å². The second kappa shape index (κ2) is 8.10. The standard InChI is InChI=1S/C18H19FN2O3/c1-13(22)21(16-9-5-4-8-15(16)19)12-18(23)20-11-14-7-3-6-10-17(14)24-2/h3-10H,11-12H2,1-2H3,(H,20,23). The number of amides is 2. The molecule has 0 unspecified atom stereocenters. The molecule has 0 fully saturated rings. The zero-order chi connectivity index (χ0) is 17.5. The largest absolute Gasteiger partial charge is 0.496 e. The van der Waals surface area contributed by atoms with Gasteiger partial charge >= 0.3 is 0 Å². The van der Waals surface area contributed by atoms with E-state index in [-0.39, 0.29) is 24.7 Å². The maximum Gasteiger partial charge on any atom is 0.240 e. The highest BCUT2D eigenvalue weighted by atomic mass is 19.1. The molecule has 5 nitrogen and oxygen atoms in total. The molecule has 0 heterocycles. The van der Waals surface area contributed by atoms with Gasteiger partial charge in [-0.3, -0.25) is 9.59 Å². The molecule has 6 heteroatoms. The van der Waals surface area contributed by atoms with Crippen LogP contribution >= 0.6 is 0 Å². The molecule has 0 aromatic heterocycles. The van der Waals surface area contributed by atoms with Crippen LogP contribution in [0.3, 0.4) is 0 Å². The number of anilines is 1. The molecule has 0 saturated carbocycles. The third-order valence-electron chi connectivity index (χ3n) is 3.49. The molecule has 126 valence electrons. The van der Waals surface area contributed by atoms with E-state index in [4.69, 9.17) is 4.74 Å². The van der Waals surface area contributed by atoms with Crippen LogP contribution in [0.15, 0.2) is 48.5 Å². The summed E-state index contributed by atoms with van der Waals surface area (Å²) in [4.78, 5) is 25.0. The molecule has 0 saturated heterocycles. The lowest BCUT2D eigenvalue weighted by Crippen LogP contribution is -2.40. The number of nitrogens with one attached hydrogen (secondary N) is 1. The Morgan fingerprint density at radius 1 is 1.12 bits per heavy atom. The van der Waals surface area contributed by atoms with E-state index in [0.29, 0.717) is 5.75 Å². The summed E-state index contributed by atoms with van der Waals surface area (Å²) in [6, 6.07) is 13.1. The predicted molar refractivity (Wildman–Crippen MR) is 89.3 cm³/mol. The van der Waals surface area contributed by atoms with E-state index in [1.54, 1.807) is 19.2 Å². The molecule has 2 aromatic carbocycles. The number of benzene rings is 2. The van der Waals surface area contributed by atoms with Crippen molar-refractivity contribution in [2.24, 2.45) is 0 Å². The van der Waals surface area contributed by atoms with Crippen LogP contribution in [-0.2, 0) is 16.1 Å². The van der Waals surface area contributed by atoms with Gasteiger partial charge in [-0.2, -0.15) is 0 Å². The summed E-state index contributed by atoms with van der Waals surface area (Å²) in [5.74, 6) is -0.688. The lowest BCUT2D eigenvalue weighted by molar-refractivity contribution is -0.123. The highest BCUT2D eigenvalue weighted by Crippen LogP contribution is 2.19. The van der Waals surface area contributed by atoms with Crippen molar-refractivity contribution >= 4 is 17.5 Å². The van der Waals surface area contributed by atoms with Crippen molar-refractivity contribution in [1.82, 2.24) is 5.32 Å². The number of methoxy groups -OCH3 is 1. The van der Waals surface area contributed by atoms with E-state index in [1.807, 2.05) is 18.2 Å². The fourth-order valence-corrected chi connectivity index (χ4v) is 2.28. The fourth-order valence-electron chi connectivity index (χ4n) is 2.28. The van der Waals surface area contributed by atoms with Gasteiger partial charge in [0.15, 0.2) is 0 Å². The fraction of sp³-hybridized carbons (Fsp3) is 0.222. The normalized spacial score (nSPS) is 10.1. The number of carbonyl (C=O) groups excluding carboxylic acids is 2. The first kappa shape index (κ1) is 17.5. The van der Waals surface area contributed by atoms with Gasteiger partial charge < -0.3 is 15.0 Å². The van der Waals surface area contributed by atoms with Gasteiger partial charge in [0.2, 0.25) is 11.8 Å². The number of hydrogen-bond donors (Lipinski definition) is 1. The molecule has 24 heavy (non-hydrogen) atoms. The lowest BCUT2D eigenvalue weighted by Gasteiger charge is -2.21. The molecule has 0 aliphatic heterocycles. The molecule has 0 radical (unpaired) electrons. The van der Waals surface area contributed by atoms with Crippen molar-refractivity contribution in [3.05, 3.63) is 59.9 Å². The Hall–Kier alpha value is -2.89. The smallest absolute Gasteiger partial charge is 0.240 e. The van der Waals surface area contributed by atoms with Gasteiger partial charge in [-0.25, -0.2) is 4.39 Å². The summed E-state index contributed by atoms with van der Waals surface area (Å²) in [5.41, 5.74) is 0.894. The minimum Gasteiger partial charge on any atom is -0.496 e. The number of halogens is 1. The number of rotatable bonds is 6. The molecule has 0 aliphatic rings. The van der Waals surface area contributed by atoms with Crippen molar-refractivity contribution < 1.29 is 18.7 Å². The third kappa shape index (κ3) is 4.32. The van der Waals surface area contributed by atoms with E-state index in [9.17, 15) is 14.0 Å². The van der Waals surface area contributed by atoms with Crippen molar-refractivity contribution in [3.8, 4) is 5.75 Å². The first-order chi connectivity index (χ1) is 11.5. The summed E-state index contributed by atoms with van der Waals surface area (Å²) < 4.78 is 19.1. The van der Waals surface area contributed by atoms with Crippen LogP contribution in [-0.4, -0.2) is 25.5 Å². The average Bonchev–Trinajstić information content (AvgIpc) is 2.58. The number of ether oxygens (including phenoxy) is 1. The Balaban J connectivity index is 2.04. The van der Waals surface area contributed by atoms with E-state index in [1.165, 1.54) is 25.1 Å². The number of para-hydroxylation sites is 2. The van der Waals surface area contributed by atoms with Crippen LogP contribution in [0, 0.1) is 5.82 Å². The number of carbonyl (C=O) groups is 2. The SMILES string of the molecule is COc1ccccc1CNC(=O)CN(C(C)=O)c1ccccc1F. The van der Waals surface area contributed by atoms with Crippen molar-refractivity contribution in [2.45, 2.75) is 13.5 Å². The molecule has 1 N–H and O–H groups in total. The summed E-state index contributed by atoms with van der Waals surface area (Å²) in [7, 11) is 1.55. The lowest BCUT2D eigenvalue weighted by atomic mass is 10.2. The molecule has 2 amide bonds. The van der Waals surface area contributed by atoms with Gasteiger partial charge in [0.25, 0.3) is 0 Å². The van der Waals surface area contributed by atoms with E-state index in [0.717, 1.165) is 10.5 Å². The molecular formula is C18H19FN2O3. The molecular weight excluding hydrogens is 311 g/mol. The molecule has 0 atom stereocenters. The maximum absolute atomic E-state index is 13.9. The first-order valence-corrected chi connectivity index (χ1v) is 7.44. The van der Waals surface area contributed by atoms with Crippen LogP contribution in [0.5, 0.6) is 5.75 Å². The Morgan fingerprint density at radius 2 is 1.79 bits per heavy atom. The van der Waals surface area contributed by atoms with Gasteiger partial charge in [0, 0.05) is 19.0 Å². The van der Waals surface area contributed by atoms with E-state index < -0.39 is 11.7 Å². The third-order valence-corrected chi connectivity index (χ3v) is 3.49. The Kier molecular flexibility index (Phi) is 5.89. The minimum absolute atomic E-state index is 0.0810. The minimum atomic E-state index is -0.551. The second-order valence-electron chi connectivity index (χ2n) is 5.15. The quantitative estimate of drug-likeness (QED) is 0.885. The van der Waals surface area contributed by atoms with Crippen LogP contribution in [0.25, 0.3) is 0 Å². The molecule has 0 spiro atoms. The molecule has 2 rings (SSSR count). The Morgan fingerprint density at radius 3 is 2.46 bits per heavy atom. The summed E-state index contributed by atoms with van der Waals surface area (Å²) in [5, 5.41) is 2.71. The number of nitrogens with zero attached hydrogens (tertiary/aromatic N) is 1. The van der Waals surface area contributed by atoms with Crippen LogP contribution in [0.4, 0.5) is 10.1 Å². The number of hydrogen-bond acceptors (Lipinski definition) is 3. The summed E-state index contributed by atoms with van der Waals surface area (Å²) >= 11 is 0. The van der Waals surface area contributed by atoms with E-state index in [2.05, 4.69) is 5.32 Å². The van der Waals surface area contributed by atoms with Gasteiger partial charge in [0.05, 0.1) is 12.8 Å². The first-order valence-electron chi connectivity index (χ1n) is 7.44. The average molecular weight is 330 g/mol. The highest BCUT2D eigenvalue weighted by molar-refractivity contribution is 5.97. The van der Waals surface area contributed by atoms with Crippen molar-refractivity contribution in [2.75, 3.05) is 18.6 Å². The molecule has 0 bridgehead atoms. The van der Waals surface area contributed by atoms with Crippen LogP contribution < -0.4 is 15.0 Å². The summed E-state index contributed by atoms with van der Waals surface area (Å²) in [6.07, 6.45) is 0. The molecule has 0 aliphatic carbocycles.